The number of nitrogens with two attached hydrogens (primary N) is 1. The summed E-state index contributed by atoms with van der Waals surface area (Å²) in [5, 5.41) is 9.83. The van der Waals surface area contributed by atoms with Gasteiger partial charge in [0.1, 0.15) is 17.5 Å². The lowest BCUT2D eigenvalue weighted by atomic mass is 9.96. The van der Waals surface area contributed by atoms with E-state index < -0.39 is 5.60 Å². The van der Waals surface area contributed by atoms with E-state index in [1.54, 1.807) is 19.9 Å². The maximum atomic E-state index is 9.83. The molecule has 0 aliphatic carbocycles. The number of aromatic nitrogens is 2. The fourth-order valence-corrected chi connectivity index (χ4v) is 1.64. The predicted molar refractivity (Wildman–Crippen MR) is 74.7 cm³/mol. The smallest absolute Gasteiger partial charge is 0.138 e. The fourth-order valence-electron chi connectivity index (χ4n) is 1.64. The van der Waals surface area contributed by atoms with Crippen LogP contribution in [-0.2, 0) is 5.41 Å². The van der Waals surface area contributed by atoms with Gasteiger partial charge in [-0.1, -0.05) is 20.8 Å². The highest BCUT2D eigenvalue weighted by Crippen LogP contribution is 2.23. The van der Waals surface area contributed by atoms with Gasteiger partial charge in [-0.05, 0) is 13.8 Å². The molecule has 0 unspecified atom stereocenters. The topological polar surface area (TPSA) is 75.3 Å². The van der Waals surface area contributed by atoms with Crippen LogP contribution in [0.5, 0.6) is 0 Å². The van der Waals surface area contributed by atoms with Crippen molar-refractivity contribution in [3.8, 4) is 0 Å². The molecule has 5 nitrogen and oxygen atoms in total. The number of anilines is 2. The lowest BCUT2D eigenvalue weighted by Gasteiger charge is -2.27. The van der Waals surface area contributed by atoms with Crippen molar-refractivity contribution in [2.24, 2.45) is 0 Å². The molecule has 0 spiro atoms. The second-order valence-electron chi connectivity index (χ2n) is 6.39. The Kier molecular flexibility index (Phi) is 3.86. The molecule has 3 N–H and O–H groups in total. The van der Waals surface area contributed by atoms with Crippen LogP contribution in [0.1, 0.15) is 40.4 Å². The molecule has 0 amide bonds. The van der Waals surface area contributed by atoms with Crippen LogP contribution in [0.3, 0.4) is 0 Å². The summed E-state index contributed by atoms with van der Waals surface area (Å²) in [6.07, 6.45) is 0. The normalized spacial score (nSPS) is 12.6. The highest BCUT2D eigenvalue weighted by atomic mass is 16.3. The molecule has 1 aromatic rings. The zero-order valence-electron chi connectivity index (χ0n) is 12.2. The molecule has 0 atom stereocenters. The minimum absolute atomic E-state index is 0.153. The summed E-state index contributed by atoms with van der Waals surface area (Å²) in [6.45, 7) is 10.1. The molecule has 18 heavy (non-hydrogen) atoms. The van der Waals surface area contributed by atoms with E-state index >= 15 is 0 Å². The second kappa shape index (κ2) is 4.72. The first kappa shape index (κ1) is 14.7. The first-order valence-electron chi connectivity index (χ1n) is 6.07. The maximum Gasteiger partial charge on any atom is 0.138 e. The van der Waals surface area contributed by atoms with Crippen molar-refractivity contribution in [3.05, 3.63) is 11.9 Å². The van der Waals surface area contributed by atoms with Gasteiger partial charge in [-0.15, -0.1) is 0 Å². The van der Waals surface area contributed by atoms with Gasteiger partial charge in [-0.2, -0.15) is 0 Å². The Morgan fingerprint density at radius 2 is 1.78 bits per heavy atom. The Morgan fingerprint density at radius 1 is 1.22 bits per heavy atom. The van der Waals surface area contributed by atoms with Crippen LogP contribution in [0.4, 0.5) is 11.6 Å². The highest BCUT2D eigenvalue weighted by Gasteiger charge is 2.21. The standard InChI is InChI=1S/C13H24N4O/c1-12(2,3)11-15-9(14)7-10(16-11)17(6)8-13(4,5)18/h7,18H,8H2,1-6H3,(H2,14,15,16). The number of likely N-dealkylation sites (N-methyl/N-ethyl adjacent to an activating group) is 1. The molecule has 1 heterocycles. The summed E-state index contributed by atoms with van der Waals surface area (Å²) < 4.78 is 0. The van der Waals surface area contributed by atoms with E-state index in [0.717, 1.165) is 5.82 Å². The fraction of sp³-hybridized carbons (Fsp3) is 0.692. The van der Waals surface area contributed by atoms with E-state index in [0.29, 0.717) is 18.2 Å². The number of rotatable bonds is 3. The van der Waals surface area contributed by atoms with Crippen molar-refractivity contribution < 1.29 is 5.11 Å². The van der Waals surface area contributed by atoms with Gasteiger partial charge in [0.2, 0.25) is 0 Å². The van der Waals surface area contributed by atoms with Gasteiger partial charge in [-0.25, -0.2) is 9.97 Å². The lowest BCUT2D eigenvalue weighted by molar-refractivity contribution is 0.0884. The Bertz CT molecular complexity index is 418. The summed E-state index contributed by atoms with van der Waals surface area (Å²) in [4.78, 5) is 10.7. The average Bonchev–Trinajstić information content (AvgIpc) is 2.12. The van der Waals surface area contributed by atoms with Crippen molar-refractivity contribution >= 4 is 11.6 Å². The molecule has 0 radical (unpaired) electrons. The molecule has 0 saturated heterocycles. The average molecular weight is 252 g/mol. The second-order valence-corrected chi connectivity index (χ2v) is 6.39. The first-order valence-corrected chi connectivity index (χ1v) is 6.07. The first-order chi connectivity index (χ1) is 7.99. The lowest BCUT2D eigenvalue weighted by Crippen LogP contribution is -2.37. The zero-order valence-corrected chi connectivity index (χ0v) is 12.2. The summed E-state index contributed by atoms with van der Waals surface area (Å²) >= 11 is 0. The SMILES string of the molecule is CN(CC(C)(C)O)c1cc(N)nc(C(C)(C)C)n1. The van der Waals surface area contributed by atoms with Crippen LogP contribution in [0, 0.1) is 0 Å². The monoisotopic (exact) mass is 252 g/mol. The summed E-state index contributed by atoms with van der Waals surface area (Å²) in [5.74, 6) is 1.89. The summed E-state index contributed by atoms with van der Waals surface area (Å²) in [6, 6.07) is 1.72. The molecule has 1 aromatic heterocycles. The minimum atomic E-state index is -0.781. The molecule has 102 valence electrons. The number of hydrogen-bond donors (Lipinski definition) is 2. The third kappa shape index (κ3) is 4.14. The van der Waals surface area contributed by atoms with Crippen molar-refractivity contribution in [1.29, 1.82) is 0 Å². The van der Waals surface area contributed by atoms with Crippen molar-refractivity contribution in [2.45, 2.75) is 45.6 Å². The molecular formula is C13H24N4O. The van der Waals surface area contributed by atoms with Crippen molar-refractivity contribution in [2.75, 3.05) is 24.2 Å². The molecule has 0 fully saturated rings. The molecule has 0 aromatic carbocycles. The van der Waals surface area contributed by atoms with Crippen LogP contribution in [0.25, 0.3) is 0 Å². The largest absolute Gasteiger partial charge is 0.389 e. The van der Waals surface area contributed by atoms with E-state index in [-0.39, 0.29) is 5.41 Å². The van der Waals surface area contributed by atoms with E-state index in [1.165, 1.54) is 0 Å². The highest BCUT2D eigenvalue weighted by molar-refractivity contribution is 5.47. The third-order valence-corrected chi connectivity index (χ3v) is 2.42. The molecule has 5 heteroatoms. The third-order valence-electron chi connectivity index (χ3n) is 2.42. The van der Waals surface area contributed by atoms with Crippen LogP contribution in [-0.4, -0.2) is 34.3 Å². The van der Waals surface area contributed by atoms with E-state index in [4.69, 9.17) is 5.73 Å². The van der Waals surface area contributed by atoms with E-state index in [9.17, 15) is 5.11 Å². The summed E-state index contributed by atoms with van der Waals surface area (Å²) in [7, 11) is 1.88. The Hall–Kier alpha value is -1.36. The van der Waals surface area contributed by atoms with Gasteiger partial charge < -0.3 is 15.7 Å². The van der Waals surface area contributed by atoms with Crippen LogP contribution < -0.4 is 10.6 Å². The van der Waals surface area contributed by atoms with Gasteiger partial charge >= 0.3 is 0 Å². The van der Waals surface area contributed by atoms with Crippen molar-refractivity contribution in [1.82, 2.24) is 9.97 Å². The van der Waals surface area contributed by atoms with Gasteiger partial charge in [0, 0.05) is 25.1 Å². The number of nitrogen functional groups attached to an aromatic ring is 1. The molecular weight excluding hydrogens is 228 g/mol. The number of hydrogen-bond acceptors (Lipinski definition) is 5. The van der Waals surface area contributed by atoms with Gasteiger partial charge in [0.05, 0.1) is 5.60 Å². The number of nitrogens with zero attached hydrogens (tertiary/aromatic N) is 3. The van der Waals surface area contributed by atoms with Crippen LogP contribution in [0.15, 0.2) is 6.07 Å². The maximum absolute atomic E-state index is 9.83. The van der Waals surface area contributed by atoms with Gasteiger partial charge in [-0.3, -0.25) is 0 Å². The van der Waals surface area contributed by atoms with Crippen molar-refractivity contribution in [3.63, 3.8) is 0 Å². The minimum Gasteiger partial charge on any atom is -0.389 e. The number of aliphatic hydroxyl groups is 1. The Balaban J connectivity index is 3.07. The molecule has 0 aliphatic rings. The Morgan fingerprint density at radius 3 is 2.22 bits per heavy atom. The van der Waals surface area contributed by atoms with Gasteiger partial charge in [0.15, 0.2) is 0 Å². The van der Waals surface area contributed by atoms with E-state index in [1.807, 2.05) is 32.7 Å². The molecule has 1 rings (SSSR count). The zero-order chi connectivity index (χ0) is 14.1. The van der Waals surface area contributed by atoms with Crippen LogP contribution in [0.2, 0.25) is 0 Å². The predicted octanol–water partition coefficient (Wildman–Crippen LogP) is 1.56. The molecule has 0 aliphatic heterocycles. The van der Waals surface area contributed by atoms with Gasteiger partial charge in [0.25, 0.3) is 0 Å². The Labute approximate surface area is 109 Å². The van der Waals surface area contributed by atoms with E-state index in [2.05, 4.69) is 9.97 Å². The quantitative estimate of drug-likeness (QED) is 0.854. The molecule has 0 saturated carbocycles. The van der Waals surface area contributed by atoms with Crippen LogP contribution >= 0.6 is 0 Å². The summed E-state index contributed by atoms with van der Waals surface area (Å²) in [5.41, 5.74) is 4.88. The molecule has 0 bridgehead atoms.